The first kappa shape index (κ1) is 15.6. The topological polar surface area (TPSA) is 115 Å². The molecule has 2 heterocycles. The number of nitro benzene ring substituents is 1. The number of non-ortho nitro benzene ring substituents is 1. The number of amides is 1. The number of aldehydes is 1. The summed E-state index contributed by atoms with van der Waals surface area (Å²) in [5.41, 5.74) is 0.416. The predicted molar refractivity (Wildman–Crippen MR) is 86.3 cm³/mol. The van der Waals surface area contributed by atoms with E-state index < -0.39 is 10.8 Å². The molecule has 0 saturated carbocycles. The molecule has 0 atom stereocenters. The number of carbonyl (C=O) groups excluding carboxylic acids is 2. The number of carbonyl (C=O) groups is 2. The third kappa shape index (κ3) is 3.20. The SMILES string of the molecule is O=Cc1cnc(NC(=O)c2ccc(-c3cccc([N+](=O)[O-])c3)o2)s1. The molecule has 0 radical (unpaired) electrons. The van der Waals surface area contributed by atoms with Crippen LogP contribution in [0, 0.1) is 10.1 Å². The van der Waals surface area contributed by atoms with E-state index in [1.165, 1.54) is 30.5 Å². The Kier molecular flexibility index (Phi) is 4.17. The van der Waals surface area contributed by atoms with Crippen molar-refractivity contribution in [2.45, 2.75) is 0 Å². The molecule has 1 amide bonds. The zero-order valence-corrected chi connectivity index (χ0v) is 12.8. The lowest BCUT2D eigenvalue weighted by Crippen LogP contribution is -2.10. The molecule has 0 bridgehead atoms. The minimum absolute atomic E-state index is 0.0272. The van der Waals surface area contributed by atoms with E-state index >= 15 is 0 Å². The highest BCUT2D eigenvalue weighted by Gasteiger charge is 2.15. The van der Waals surface area contributed by atoms with Crippen LogP contribution in [0.3, 0.4) is 0 Å². The number of aromatic nitrogens is 1. The average Bonchev–Trinajstić information content (AvgIpc) is 3.24. The summed E-state index contributed by atoms with van der Waals surface area (Å²) in [7, 11) is 0. The molecule has 0 aliphatic heterocycles. The van der Waals surface area contributed by atoms with Gasteiger partial charge < -0.3 is 4.42 Å². The number of nitro groups is 1. The fraction of sp³-hybridized carbons (Fsp3) is 0. The van der Waals surface area contributed by atoms with Gasteiger partial charge in [-0.15, -0.1) is 0 Å². The van der Waals surface area contributed by atoms with Crippen LogP contribution < -0.4 is 5.32 Å². The molecule has 2 aromatic heterocycles. The van der Waals surface area contributed by atoms with E-state index in [0.29, 0.717) is 22.5 Å². The summed E-state index contributed by atoms with van der Waals surface area (Å²) in [4.78, 5) is 37.3. The number of nitrogens with one attached hydrogen (secondary N) is 1. The molecule has 0 aliphatic rings. The Bertz CT molecular complexity index is 931. The fourth-order valence-electron chi connectivity index (χ4n) is 1.95. The van der Waals surface area contributed by atoms with Crippen LogP contribution in [0.15, 0.2) is 47.0 Å². The van der Waals surface area contributed by atoms with Gasteiger partial charge in [0, 0.05) is 17.7 Å². The van der Waals surface area contributed by atoms with Crippen molar-refractivity contribution in [1.82, 2.24) is 4.98 Å². The van der Waals surface area contributed by atoms with Gasteiger partial charge in [-0.2, -0.15) is 0 Å². The second kappa shape index (κ2) is 6.42. The smallest absolute Gasteiger partial charge is 0.293 e. The largest absolute Gasteiger partial charge is 0.451 e. The molecule has 9 heteroatoms. The highest BCUT2D eigenvalue weighted by Crippen LogP contribution is 2.26. The number of anilines is 1. The van der Waals surface area contributed by atoms with E-state index in [0.717, 1.165) is 11.3 Å². The fourth-order valence-corrected chi connectivity index (χ4v) is 2.57. The summed E-state index contributed by atoms with van der Waals surface area (Å²) in [5.74, 6) is -0.172. The van der Waals surface area contributed by atoms with Gasteiger partial charge in [0.05, 0.1) is 16.0 Å². The van der Waals surface area contributed by atoms with Gasteiger partial charge in [-0.3, -0.25) is 25.0 Å². The molecule has 1 N–H and O–H groups in total. The van der Waals surface area contributed by atoms with Crippen molar-refractivity contribution in [2.75, 3.05) is 5.32 Å². The maximum absolute atomic E-state index is 12.1. The molecule has 8 nitrogen and oxygen atoms in total. The normalized spacial score (nSPS) is 10.3. The van der Waals surface area contributed by atoms with E-state index in [-0.39, 0.29) is 16.6 Å². The lowest BCUT2D eigenvalue weighted by molar-refractivity contribution is -0.384. The lowest BCUT2D eigenvalue weighted by Gasteiger charge is -1.99. The first-order chi connectivity index (χ1) is 11.6. The Labute approximate surface area is 138 Å². The molecule has 0 aliphatic carbocycles. The second-order valence-electron chi connectivity index (χ2n) is 4.61. The number of nitrogens with zero attached hydrogens (tertiary/aromatic N) is 2. The first-order valence-corrected chi connectivity index (χ1v) is 7.45. The van der Waals surface area contributed by atoms with Gasteiger partial charge in [-0.25, -0.2) is 4.98 Å². The molecule has 0 saturated heterocycles. The Morgan fingerprint density at radius 3 is 2.88 bits per heavy atom. The summed E-state index contributed by atoms with van der Waals surface area (Å²) < 4.78 is 5.44. The molecule has 120 valence electrons. The van der Waals surface area contributed by atoms with Crippen LogP contribution in [0.2, 0.25) is 0 Å². The van der Waals surface area contributed by atoms with E-state index in [2.05, 4.69) is 10.3 Å². The summed E-state index contributed by atoms with van der Waals surface area (Å²) in [6.07, 6.45) is 1.99. The number of rotatable bonds is 5. The highest BCUT2D eigenvalue weighted by molar-refractivity contribution is 7.17. The van der Waals surface area contributed by atoms with Gasteiger partial charge in [-0.1, -0.05) is 23.5 Å². The molecule has 3 rings (SSSR count). The number of benzene rings is 1. The molecule has 24 heavy (non-hydrogen) atoms. The number of hydrogen-bond donors (Lipinski definition) is 1. The Hall–Kier alpha value is -3.33. The van der Waals surface area contributed by atoms with E-state index in [4.69, 9.17) is 4.42 Å². The molecule has 0 unspecified atom stereocenters. The van der Waals surface area contributed by atoms with Crippen molar-refractivity contribution in [1.29, 1.82) is 0 Å². The summed E-state index contributed by atoms with van der Waals surface area (Å²) in [6, 6.07) is 8.91. The Morgan fingerprint density at radius 1 is 1.33 bits per heavy atom. The highest BCUT2D eigenvalue weighted by atomic mass is 32.1. The van der Waals surface area contributed by atoms with Crippen LogP contribution >= 0.6 is 11.3 Å². The number of hydrogen-bond acceptors (Lipinski definition) is 7. The number of thiazole rings is 1. The molecule has 0 fully saturated rings. The van der Waals surface area contributed by atoms with Gasteiger partial charge in [0.2, 0.25) is 0 Å². The maximum Gasteiger partial charge on any atom is 0.293 e. The van der Waals surface area contributed by atoms with Gasteiger partial charge in [0.25, 0.3) is 11.6 Å². The third-order valence-corrected chi connectivity index (χ3v) is 3.87. The van der Waals surface area contributed by atoms with Crippen molar-refractivity contribution in [3.63, 3.8) is 0 Å². The van der Waals surface area contributed by atoms with Gasteiger partial charge in [0.15, 0.2) is 17.2 Å². The van der Waals surface area contributed by atoms with Crippen LogP contribution in [0.5, 0.6) is 0 Å². The molecular formula is C15H9N3O5S. The van der Waals surface area contributed by atoms with Gasteiger partial charge in [0.1, 0.15) is 5.76 Å². The Morgan fingerprint density at radius 2 is 2.17 bits per heavy atom. The van der Waals surface area contributed by atoms with Crippen molar-refractivity contribution in [3.05, 3.63) is 63.3 Å². The minimum atomic E-state index is -0.529. The van der Waals surface area contributed by atoms with Crippen LogP contribution in [-0.4, -0.2) is 22.1 Å². The molecule has 3 aromatic rings. The standard InChI is InChI=1S/C15H9N3O5S/c19-8-11-7-16-15(24-11)17-14(20)13-5-4-12(23-13)9-2-1-3-10(6-9)18(21)22/h1-8H,(H,16,17,20). The van der Waals surface area contributed by atoms with Crippen molar-refractivity contribution < 1.29 is 18.9 Å². The van der Waals surface area contributed by atoms with Crippen molar-refractivity contribution >= 4 is 34.3 Å². The maximum atomic E-state index is 12.1. The second-order valence-corrected chi connectivity index (χ2v) is 5.67. The third-order valence-electron chi connectivity index (χ3n) is 3.03. The minimum Gasteiger partial charge on any atom is -0.451 e. The number of furan rings is 1. The van der Waals surface area contributed by atoms with Crippen LogP contribution in [0.1, 0.15) is 20.2 Å². The quantitative estimate of drug-likeness (QED) is 0.431. The van der Waals surface area contributed by atoms with Gasteiger partial charge >= 0.3 is 0 Å². The zero-order valence-electron chi connectivity index (χ0n) is 12.0. The summed E-state index contributed by atoms with van der Waals surface area (Å²) >= 11 is 1.04. The summed E-state index contributed by atoms with van der Waals surface area (Å²) in [6.45, 7) is 0. The van der Waals surface area contributed by atoms with Crippen LogP contribution in [0.4, 0.5) is 10.8 Å². The Balaban J connectivity index is 1.79. The predicted octanol–water partition coefficient (Wildman–Crippen LogP) is 3.38. The van der Waals surface area contributed by atoms with Crippen molar-refractivity contribution in [3.8, 4) is 11.3 Å². The average molecular weight is 343 g/mol. The molecular weight excluding hydrogens is 334 g/mol. The van der Waals surface area contributed by atoms with Gasteiger partial charge in [-0.05, 0) is 12.1 Å². The van der Waals surface area contributed by atoms with Crippen LogP contribution in [-0.2, 0) is 0 Å². The zero-order chi connectivity index (χ0) is 17.1. The molecule has 0 spiro atoms. The monoisotopic (exact) mass is 343 g/mol. The lowest BCUT2D eigenvalue weighted by atomic mass is 10.1. The molecule has 1 aromatic carbocycles. The summed E-state index contributed by atoms with van der Waals surface area (Å²) in [5, 5.41) is 13.6. The van der Waals surface area contributed by atoms with Crippen LogP contribution in [0.25, 0.3) is 11.3 Å². The van der Waals surface area contributed by atoms with E-state index in [1.54, 1.807) is 12.1 Å². The van der Waals surface area contributed by atoms with E-state index in [1.807, 2.05) is 0 Å². The van der Waals surface area contributed by atoms with E-state index in [9.17, 15) is 19.7 Å². The van der Waals surface area contributed by atoms with Crippen molar-refractivity contribution in [2.24, 2.45) is 0 Å². The first-order valence-electron chi connectivity index (χ1n) is 6.64.